The third kappa shape index (κ3) is 7.01. The van der Waals surface area contributed by atoms with E-state index >= 15 is 0 Å². The molecule has 0 amide bonds. The number of aliphatic hydroxyl groups excluding tert-OH is 2. The van der Waals surface area contributed by atoms with E-state index in [4.69, 9.17) is 4.74 Å². The van der Waals surface area contributed by atoms with Crippen molar-refractivity contribution < 1.29 is 20.2 Å². The zero-order valence-corrected chi connectivity index (χ0v) is 17.3. The average Bonchev–Trinajstić information content (AvgIpc) is 3.41. The van der Waals surface area contributed by atoms with Crippen molar-refractivity contribution in [3.8, 4) is 5.75 Å². The van der Waals surface area contributed by atoms with Crippen molar-refractivity contribution >= 4 is 5.71 Å². The van der Waals surface area contributed by atoms with E-state index in [1.54, 1.807) is 12.2 Å². The van der Waals surface area contributed by atoms with Crippen molar-refractivity contribution in [3.05, 3.63) is 60.5 Å². The SMILES string of the molecule is O/N=C1/C[C@H](O)C(C/C=C\CCCc2nn[nH]n2)[C@H]1/C=C/C(O)COc1ccccc1. The molecule has 1 aliphatic carbocycles. The van der Waals surface area contributed by atoms with Crippen LogP contribution in [0.4, 0.5) is 0 Å². The monoisotopic (exact) mass is 427 g/mol. The maximum atomic E-state index is 10.4. The van der Waals surface area contributed by atoms with Gasteiger partial charge in [0.1, 0.15) is 18.5 Å². The van der Waals surface area contributed by atoms with Gasteiger partial charge in [0.05, 0.1) is 11.8 Å². The molecule has 9 heteroatoms. The van der Waals surface area contributed by atoms with Crippen LogP contribution in [0.25, 0.3) is 0 Å². The summed E-state index contributed by atoms with van der Waals surface area (Å²) in [7, 11) is 0. The highest BCUT2D eigenvalue weighted by molar-refractivity contribution is 5.90. The summed E-state index contributed by atoms with van der Waals surface area (Å²) in [6, 6.07) is 9.28. The normalized spacial score (nSPS) is 23.8. The Kier molecular flexibility index (Phi) is 8.74. The Bertz CT molecular complexity index is 854. The Morgan fingerprint density at radius 1 is 1.26 bits per heavy atom. The Balaban J connectivity index is 1.48. The number of para-hydroxylation sites is 1. The Hall–Kier alpha value is -3.04. The molecule has 1 heterocycles. The molecule has 31 heavy (non-hydrogen) atoms. The molecule has 0 spiro atoms. The largest absolute Gasteiger partial charge is 0.491 e. The maximum Gasteiger partial charge on any atom is 0.174 e. The highest BCUT2D eigenvalue weighted by Crippen LogP contribution is 2.34. The molecular formula is C22H29N5O4. The summed E-state index contributed by atoms with van der Waals surface area (Å²) in [5.41, 5.74) is 0.524. The lowest BCUT2D eigenvalue weighted by molar-refractivity contribution is 0.124. The van der Waals surface area contributed by atoms with Gasteiger partial charge in [0, 0.05) is 24.7 Å². The highest BCUT2D eigenvalue weighted by atomic mass is 16.5. The Labute approximate surface area is 181 Å². The fraction of sp³-hybridized carbons (Fsp3) is 0.455. The third-order valence-corrected chi connectivity index (χ3v) is 5.33. The number of nitrogens with one attached hydrogen (secondary N) is 1. The van der Waals surface area contributed by atoms with Gasteiger partial charge in [-0.05, 0) is 31.4 Å². The van der Waals surface area contributed by atoms with Crippen LogP contribution in [0.3, 0.4) is 0 Å². The van der Waals surface area contributed by atoms with Crippen molar-refractivity contribution in [1.29, 1.82) is 0 Å². The summed E-state index contributed by atoms with van der Waals surface area (Å²) in [5.74, 6) is 1.03. The van der Waals surface area contributed by atoms with Gasteiger partial charge in [0.2, 0.25) is 0 Å². The summed E-state index contributed by atoms with van der Waals surface area (Å²) in [5, 5.41) is 47.2. The molecular weight excluding hydrogens is 398 g/mol. The van der Waals surface area contributed by atoms with E-state index in [0.29, 0.717) is 30.1 Å². The van der Waals surface area contributed by atoms with Gasteiger partial charge in [0.25, 0.3) is 0 Å². The van der Waals surface area contributed by atoms with E-state index < -0.39 is 12.2 Å². The number of ether oxygens (including phenoxy) is 1. The minimum absolute atomic E-state index is 0.113. The molecule has 0 saturated heterocycles. The number of aryl methyl sites for hydroxylation is 1. The third-order valence-electron chi connectivity index (χ3n) is 5.33. The standard InChI is InChI=1S/C22H29N5O4/c28-16(15-31-17-8-4-3-5-9-17)12-13-18-19(21(29)14-20(18)25-30)10-6-1-2-7-11-22-23-26-27-24-22/h1,3-6,8-9,12-13,16,18-19,21,28-30H,2,7,10-11,14-15H2,(H,23,24,26,27)/b6-1-,13-12+,25-20-/t16?,18-,19?,21+/m1/s1. The number of nitrogens with zero attached hydrogens (tertiary/aromatic N) is 4. The van der Waals surface area contributed by atoms with Gasteiger partial charge < -0.3 is 20.2 Å². The molecule has 0 radical (unpaired) electrons. The highest BCUT2D eigenvalue weighted by Gasteiger charge is 2.38. The number of benzene rings is 1. The molecule has 1 aromatic heterocycles. The number of H-pyrrole nitrogens is 1. The molecule has 1 aliphatic rings. The lowest BCUT2D eigenvalue weighted by atomic mass is 9.90. The van der Waals surface area contributed by atoms with Gasteiger partial charge in [-0.3, -0.25) is 0 Å². The van der Waals surface area contributed by atoms with Crippen LogP contribution < -0.4 is 4.74 Å². The van der Waals surface area contributed by atoms with E-state index in [9.17, 15) is 15.4 Å². The molecule has 1 fully saturated rings. The molecule has 9 nitrogen and oxygen atoms in total. The second kappa shape index (κ2) is 12.0. The van der Waals surface area contributed by atoms with Crippen molar-refractivity contribution in [3.63, 3.8) is 0 Å². The average molecular weight is 428 g/mol. The molecule has 1 saturated carbocycles. The van der Waals surface area contributed by atoms with Crippen molar-refractivity contribution in [2.24, 2.45) is 17.0 Å². The van der Waals surface area contributed by atoms with Crippen LogP contribution in [0.2, 0.25) is 0 Å². The fourth-order valence-electron chi connectivity index (χ4n) is 3.69. The molecule has 2 unspecified atom stereocenters. The van der Waals surface area contributed by atoms with Gasteiger partial charge in [-0.1, -0.05) is 52.9 Å². The number of hydrogen-bond donors (Lipinski definition) is 4. The van der Waals surface area contributed by atoms with Crippen molar-refractivity contribution in [2.45, 2.75) is 44.3 Å². The Morgan fingerprint density at radius 2 is 2.10 bits per heavy atom. The molecule has 0 bridgehead atoms. The van der Waals surface area contributed by atoms with Gasteiger partial charge >= 0.3 is 0 Å². The molecule has 4 atom stereocenters. The zero-order valence-electron chi connectivity index (χ0n) is 17.3. The molecule has 3 rings (SSSR count). The van der Waals surface area contributed by atoms with E-state index in [1.165, 1.54) is 0 Å². The lowest BCUT2D eigenvalue weighted by Crippen LogP contribution is -2.20. The van der Waals surface area contributed by atoms with Crippen molar-refractivity contribution in [1.82, 2.24) is 20.6 Å². The maximum absolute atomic E-state index is 10.4. The second-order valence-corrected chi connectivity index (χ2v) is 7.56. The molecule has 2 aromatic rings. The van der Waals surface area contributed by atoms with E-state index in [0.717, 1.165) is 19.3 Å². The fourth-order valence-corrected chi connectivity index (χ4v) is 3.69. The molecule has 4 N–H and O–H groups in total. The number of aromatic amines is 1. The molecule has 166 valence electrons. The topological polar surface area (TPSA) is 137 Å². The zero-order chi connectivity index (χ0) is 21.9. The number of allylic oxidation sites excluding steroid dienone is 3. The summed E-state index contributed by atoms with van der Waals surface area (Å²) in [6.07, 6.45) is 9.65. The van der Waals surface area contributed by atoms with Crippen molar-refractivity contribution in [2.75, 3.05) is 6.61 Å². The summed E-state index contributed by atoms with van der Waals surface area (Å²) >= 11 is 0. The van der Waals surface area contributed by atoms with Crippen LogP contribution in [-0.4, -0.2) is 60.6 Å². The quantitative estimate of drug-likeness (QED) is 0.187. The molecule has 1 aromatic carbocycles. The summed E-state index contributed by atoms with van der Waals surface area (Å²) in [6.45, 7) is 0.117. The van der Waals surface area contributed by atoms with Crippen LogP contribution >= 0.6 is 0 Å². The van der Waals surface area contributed by atoms with Crippen LogP contribution in [0, 0.1) is 11.8 Å². The van der Waals surface area contributed by atoms with Crippen LogP contribution in [0.5, 0.6) is 5.75 Å². The first-order chi connectivity index (χ1) is 15.2. The van der Waals surface area contributed by atoms with Gasteiger partial charge in [-0.2, -0.15) is 5.21 Å². The number of oxime groups is 1. The first kappa shape index (κ1) is 22.6. The number of aliphatic hydroxyl groups is 2. The minimum Gasteiger partial charge on any atom is -0.491 e. The van der Waals surface area contributed by atoms with E-state index in [-0.39, 0.29) is 18.4 Å². The predicted molar refractivity (Wildman–Crippen MR) is 115 cm³/mol. The first-order valence-corrected chi connectivity index (χ1v) is 10.5. The van der Waals surface area contributed by atoms with Gasteiger partial charge in [-0.25, -0.2) is 0 Å². The first-order valence-electron chi connectivity index (χ1n) is 10.5. The smallest absolute Gasteiger partial charge is 0.174 e. The van der Waals surface area contributed by atoms with Gasteiger partial charge in [0.15, 0.2) is 5.82 Å². The lowest BCUT2D eigenvalue weighted by Gasteiger charge is -2.18. The summed E-state index contributed by atoms with van der Waals surface area (Å²) in [4.78, 5) is 0. The van der Waals surface area contributed by atoms with Crippen LogP contribution in [0.1, 0.15) is 31.5 Å². The number of rotatable bonds is 11. The van der Waals surface area contributed by atoms with E-state index in [1.807, 2.05) is 36.4 Å². The predicted octanol–water partition coefficient (Wildman–Crippen LogP) is 2.29. The minimum atomic E-state index is -0.806. The number of hydrogen-bond acceptors (Lipinski definition) is 8. The Morgan fingerprint density at radius 3 is 2.84 bits per heavy atom. The van der Waals surface area contributed by atoms with Crippen LogP contribution in [0.15, 0.2) is 59.8 Å². The van der Waals surface area contributed by atoms with Gasteiger partial charge in [-0.15, -0.1) is 10.2 Å². The summed E-state index contributed by atoms with van der Waals surface area (Å²) < 4.78 is 5.56. The molecule has 0 aliphatic heterocycles. The number of aromatic nitrogens is 4. The number of tetrazole rings is 1. The van der Waals surface area contributed by atoms with E-state index in [2.05, 4.69) is 31.9 Å². The van der Waals surface area contributed by atoms with Crippen LogP contribution in [-0.2, 0) is 6.42 Å². The second-order valence-electron chi connectivity index (χ2n) is 7.56. The number of unbranched alkanes of at least 4 members (excludes halogenated alkanes) is 1.